The van der Waals surface area contributed by atoms with Crippen molar-refractivity contribution in [3.63, 3.8) is 0 Å². The summed E-state index contributed by atoms with van der Waals surface area (Å²) < 4.78 is 10.3. The van der Waals surface area contributed by atoms with E-state index in [9.17, 15) is 0 Å². The molecule has 1 N–H and O–H groups in total. The Morgan fingerprint density at radius 1 is 1.30 bits per heavy atom. The fourth-order valence-electron chi connectivity index (χ4n) is 2.06. The average molecular weight is 292 g/mol. The number of methoxy groups -OCH3 is 2. The van der Waals surface area contributed by atoms with E-state index in [4.69, 9.17) is 9.47 Å². The fraction of sp³-hybridized carbons (Fsp3) is 0.400. The summed E-state index contributed by atoms with van der Waals surface area (Å²) in [6, 6.07) is 8.51. The number of ether oxygens (including phenoxy) is 2. The van der Waals surface area contributed by atoms with Crippen molar-refractivity contribution in [3.8, 4) is 0 Å². The second-order valence-corrected chi connectivity index (χ2v) is 5.35. The topological polar surface area (TPSA) is 43.4 Å². The van der Waals surface area contributed by atoms with Gasteiger partial charge in [-0.1, -0.05) is 24.3 Å². The number of rotatable bonds is 8. The van der Waals surface area contributed by atoms with Crippen LogP contribution >= 0.6 is 11.3 Å². The van der Waals surface area contributed by atoms with Crippen molar-refractivity contribution >= 4 is 11.3 Å². The second-order valence-electron chi connectivity index (χ2n) is 4.43. The first-order valence-corrected chi connectivity index (χ1v) is 7.42. The smallest absolute Gasteiger partial charge is 0.114 e. The second kappa shape index (κ2) is 8.11. The minimum Gasteiger partial charge on any atom is -0.383 e. The summed E-state index contributed by atoms with van der Waals surface area (Å²) in [5.41, 5.74) is 2.37. The van der Waals surface area contributed by atoms with Crippen LogP contribution in [-0.2, 0) is 16.1 Å². The van der Waals surface area contributed by atoms with Gasteiger partial charge in [0.05, 0.1) is 19.3 Å². The minimum absolute atomic E-state index is 0.0990. The maximum atomic E-state index is 5.20. The maximum Gasteiger partial charge on any atom is 0.114 e. The number of nitrogens with zero attached hydrogens (tertiary/aromatic N) is 1. The molecule has 4 nitrogen and oxygen atoms in total. The van der Waals surface area contributed by atoms with Gasteiger partial charge in [0.1, 0.15) is 5.01 Å². The molecule has 2 rings (SSSR count). The molecule has 0 spiro atoms. The van der Waals surface area contributed by atoms with E-state index >= 15 is 0 Å². The van der Waals surface area contributed by atoms with Crippen molar-refractivity contribution in [2.75, 3.05) is 27.4 Å². The predicted molar refractivity (Wildman–Crippen MR) is 81.0 cm³/mol. The monoisotopic (exact) mass is 292 g/mol. The normalized spacial score (nSPS) is 12.5. The largest absolute Gasteiger partial charge is 0.383 e. The highest BCUT2D eigenvalue weighted by Gasteiger charge is 2.16. The lowest BCUT2D eigenvalue weighted by atomic mass is 10.0. The third-order valence-corrected chi connectivity index (χ3v) is 3.79. The van der Waals surface area contributed by atoms with Crippen LogP contribution in [0.5, 0.6) is 0 Å². The molecular formula is C15H20N2O2S. The molecule has 0 aliphatic rings. The molecule has 1 aromatic carbocycles. The number of nitrogens with one attached hydrogen (secondary N) is 1. The van der Waals surface area contributed by atoms with Gasteiger partial charge in [-0.2, -0.15) is 0 Å². The van der Waals surface area contributed by atoms with Crippen LogP contribution in [0, 0.1) is 0 Å². The van der Waals surface area contributed by atoms with Crippen molar-refractivity contribution in [1.82, 2.24) is 10.3 Å². The van der Waals surface area contributed by atoms with Gasteiger partial charge < -0.3 is 14.8 Å². The Kier molecular flexibility index (Phi) is 6.14. The highest BCUT2D eigenvalue weighted by atomic mass is 32.1. The zero-order valence-corrected chi connectivity index (χ0v) is 12.7. The number of thiazole rings is 1. The third-order valence-electron chi connectivity index (χ3n) is 2.95. The Labute approximate surface area is 123 Å². The van der Waals surface area contributed by atoms with Crippen LogP contribution < -0.4 is 5.32 Å². The molecule has 0 fully saturated rings. The summed E-state index contributed by atoms with van der Waals surface area (Å²) in [5.74, 6) is 0. The first-order valence-electron chi connectivity index (χ1n) is 6.54. The van der Waals surface area contributed by atoms with Gasteiger partial charge >= 0.3 is 0 Å². The zero-order chi connectivity index (χ0) is 14.2. The molecule has 1 heterocycles. The van der Waals surface area contributed by atoms with Gasteiger partial charge in [-0.15, -0.1) is 11.3 Å². The predicted octanol–water partition coefficient (Wildman–Crippen LogP) is 2.61. The van der Waals surface area contributed by atoms with Crippen molar-refractivity contribution in [2.45, 2.75) is 12.6 Å². The van der Waals surface area contributed by atoms with E-state index < -0.39 is 0 Å². The van der Waals surface area contributed by atoms with Crippen LogP contribution in [0.2, 0.25) is 0 Å². The molecule has 2 aromatic rings. The van der Waals surface area contributed by atoms with Crippen LogP contribution in [0.1, 0.15) is 22.2 Å². The van der Waals surface area contributed by atoms with E-state index in [1.165, 1.54) is 11.1 Å². The third kappa shape index (κ3) is 4.11. The fourth-order valence-corrected chi connectivity index (χ4v) is 2.80. The summed E-state index contributed by atoms with van der Waals surface area (Å²) in [6.07, 6.45) is 1.84. The maximum absolute atomic E-state index is 5.20. The van der Waals surface area contributed by atoms with Gasteiger partial charge in [-0.25, -0.2) is 4.98 Å². The average Bonchev–Trinajstić information content (AvgIpc) is 2.98. The number of benzene rings is 1. The first kappa shape index (κ1) is 15.1. The Hall–Kier alpha value is -1.27. The molecule has 0 saturated heterocycles. The molecule has 20 heavy (non-hydrogen) atoms. The van der Waals surface area contributed by atoms with Crippen LogP contribution in [0.4, 0.5) is 0 Å². The van der Waals surface area contributed by atoms with Crippen molar-refractivity contribution in [2.24, 2.45) is 0 Å². The lowest BCUT2D eigenvalue weighted by molar-refractivity contribution is 0.184. The number of hydrogen-bond acceptors (Lipinski definition) is 5. The molecule has 0 amide bonds. The quantitative estimate of drug-likeness (QED) is 0.760. The minimum atomic E-state index is 0.0990. The molecule has 108 valence electrons. The van der Waals surface area contributed by atoms with E-state index in [1.54, 1.807) is 25.6 Å². The summed E-state index contributed by atoms with van der Waals surface area (Å²) >= 11 is 1.66. The SMILES string of the molecule is COCCNC(c1cccc(COC)c1)c1nccs1. The molecule has 1 atom stereocenters. The Morgan fingerprint density at radius 3 is 2.90 bits per heavy atom. The highest BCUT2D eigenvalue weighted by Crippen LogP contribution is 2.24. The highest BCUT2D eigenvalue weighted by molar-refractivity contribution is 7.09. The van der Waals surface area contributed by atoms with Crippen molar-refractivity contribution in [3.05, 3.63) is 52.0 Å². The van der Waals surface area contributed by atoms with E-state index in [-0.39, 0.29) is 6.04 Å². The first-order chi connectivity index (χ1) is 9.85. The number of hydrogen-bond donors (Lipinski definition) is 1. The zero-order valence-electron chi connectivity index (χ0n) is 11.8. The van der Waals surface area contributed by atoms with Crippen LogP contribution in [0.15, 0.2) is 35.8 Å². The molecule has 5 heteroatoms. The lowest BCUT2D eigenvalue weighted by Gasteiger charge is -2.17. The van der Waals surface area contributed by atoms with Gasteiger partial charge in [0.2, 0.25) is 0 Å². The molecule has 0 aliphatic carbocycles. The molecule has 1 aromatic heterocycles. The molecule has 0 saturated carbocycles. The molecule has 0 aliphatic heterocycles. The molecule has 1 unspecified atom stereocenters. The summed E-state index contributed by atoms with van der Waals surface area (Å²) in [7, 11) is 3.42. The summed E-state index contributed by atoms with van der Waals surface area (Å²) in [6.45, 7) is 2.09. The van der Waals surface area contributed by atoms with Gasteiger partial charge in [0, 0.05) is 32.3 Å². The Morgan fingerprint density at radius 2 is 2.20 bits per heavy atom. The molecule has 0 bridgehead atoms. The van der Waals surface area contributed by atoms with Gasteiger partial charge in [-0.05, 0) is 11.1 Å². The van der Waals surface area contributed by atoms with Gasteiger partial charge in [0.25, 0.3) is 0 Å². The number of aromatic nitrogens is 1. The van der Waals surface area contributed by atoms with Crippen molar-refractivity contribution in [1.29, 1.82) is 0 Å². The van der Waals surface area contributed by atoms with Crippen molar-refractivity contribution < 1.29 is 9.47 Å². The van der Waals surface area contributed by atoms with E-state index in [2.05, 4.69) is 34.6 Å². The van der Waals surface area contributed by atoms with Crippen LogP contribution in [0.3, 0.4) is 0 Å². The van der Waals surface area contributed by atoms with Crippen LogP contribution in [0.25, 0.3) is 0 Å². The summed E-state index contributed by atoms with van der Waals surface area (Å²) in [5, 5.41) is 6.56. The van der Waals surface area contributed by atoms with Gasteiger partial charge in [-0.3, -0.25) is 0 Å². The van der Waals surface area contributed by atoms with Gasteiger partial charge in [0.15, 0.2) is 0 Å². The lowest BCUT2D eigenvalue weighted by Crippen LogP contribution is -2.26. The molecular weight excluding hydrogens is 272 g/mol. The Balaban J connectivity index is 2.19. The standard InChI is InChI=1S/C15H20N2O2S/c1-18-8-6-16-14(15-17-7-9-20-15)13-5-3-4-12(10-13)11-19-2/h3-5,7,9-10,14,16H,6,8,11H2,1-2H3. The molecule has 0 radical (unpaired) electrons. The van der Waals surface area contributed by atoms with E-state index in [0.717, 1.165) is 11.6 Å². The van der Waals surface area contributed by atoms with Crippen LogP contribution in [-0.4, -0.2) is 32.4 Å². The summed E-state index contributed by atoms with van der Waals surface area (Å²) in [4.78, 5) is 4.43. The Bertz CT molecular complexity index is 502. The van der Waals surface area contributed by atoms with E-state index in [0.29, 0.717) is 13.2 Å². The van der Waals surface area contributed by atoms with E-state index in [1.807, 2.05) is 11.6 Å².